The van der Waals surface area contributed by atoms with Crippen molar-refractivity contribution in [3.05, 3.63) is 54.2 Å². The summed E-state index contributed by atoms with van der Waals surface area (Å²) < 4.78 is 41.1. The van der Waals surface area contributed by atoms with E-state index in [2.05, 4.69) is 37.9 Å². The van der Waals surface area contributed by atoms with Gasteiger partial charge < -0.3 is 14.4 Å². The number of fused-ring (bicyclic) bond motifs is 1. The lowest BCUT2D eigenvalue weighted by atomic mass is 10.1. The van der Waals surface area contributed by atoms with E-state index in [1.165, 1.54) is 16.8 Å². The SMILES string of the molecule is COc1ccc(-c2cnc3n2CCN(Cc2cnn(C)c2)C3)cc1.O=C(O)C(F)(F)F. The third-order valence-electron chi connectivity index (χ3n) is 4.74. The Morgan fingerprint density at radius 3 is 2.42 bits per heavy atom. The number of aryl methyl sites for hydroxylation is 1. The van der Waals surface area contributed by atoms with Crippen LogP contribution >= 0.6 is 0 Å². The molecule has 0 unspecified atom stereocenters. The van der Waals surface area contributed by atoms with Gasteiger partial charge in [-0.25, -0.2) is 9.78 Å². The summed E-state index contributed by atoms with van der Waals surface area (Å²) in [6.07, 6.45) is 0.901. The standard InChI is InChI=1S/C18H21N5O.C2HF3O2/c1-21-11-14(9-20-21)12-22-7-8-23-17(10-19-18(23)13-22)15-3-5-16(24-2)6-4-15;3-2(4,5)1(6)7/h3-6,9-11H,7-8,12-13H2,1-2H3;(H,6,7). The van der Waals surface area contributed by atoms with E-state index in [0.29, 0.717) is 0 Å². The monoisotopic (exact) mass is 437 g/mol. The van der Waals surface area contributed by atoms with Crippen LogP contribution in [0, 0.1) is 0 Å². The molecule has 1 N–H and O–H groups in total. The quantitative estimate of drug-likeness (QED) is 0.676. The predicted octanol–water partition coefficient (Wildman–Crippen LogP) is 2.94. The van der Waals surface area contributed by atoms with Crippen molar-refractivity contribution in [2.45, 2.75) is 25.8 Å². The van der Waals surface area contributed by atoms with Crippen LogP contribution in [0.1, 0.15) is 11.4 Å². The van der Waals surface area contributed by atoms with Crippen molar-refractivity contribution in [1.82, 2.24) is 24.2 Å². The number of hydrogen-bond acceptors (Lipinski definition) is 5. The van der Waals surface area contributed by atoms with E-state index >= 15 is 0 Å². The van der Waals surface area contributed by atoms with Gasteiger partial charge in [0.05, 0.1) is 31.7 Å². The molecule has 0 fully saturated rings. The van der Waals surface area contributed by atoms with E-state index in [4.69, 9.17) is 14.6 Å². The molecule has 0 amide bonds. The fourth-order valence-electron chi connectivity index (χ4n) is 3.25. The highest BCUT2D eigenvalue weighted by Gasteiger charge is 2.38. The Morgan fingerprint density at radius 2 is 1.87 bits per heavy atom. The number of imidazole rings is 1. The van der Waals surface area contributed by atoms with Crippen molar-refractivity contribution >= 4 is 5.97 Å². The first kappa shape index (κ1) is 22.3. The van der Waals surface area contributed by atoms with Gasteiger partial charge in [-0.1, -0.05) is 0 Å². The molecule has 3 aromatic rings. The van der Waals surface area contributed by atoms with Crippen molar-refractivity contribution in [2.24, 2.45) is 7.05 Å². The Bertz CT molecular complexity index is 1030. The summed E-state index contributed by atoms with van der Waals surface area (Å²) in [7, 11) is 3.64. The summed E-state index contributed by atoms with van der Waals surface area (Å²) in [5.74, 6) is -0.761. The number of rotatable bonds is 4. The third-order valence-corrected chi connectivity index (χ3v) is 4.74. The van der Waals surface area contributed by atoms with Crippen molar-refractivity contribution in [1.29, 1.82) is 0 Å². The molecule has 0 atom stereocenters. The number of carboxylic acid groups (broad SMARTS) is 1. The number of halogens is 3. The van der Waals surface area contributed by atoms with Gasteiger partial charge in [0.15, 0.2) is 0 Å². The third kappa shape index (κ3) is 5.63. The Morgan fingerprint density at radius 1 is 1.19 bits per heavy atom. The van der Waals surface area contributed by atoms with Gasteiger partial charge in [0.1, 0.15) is 11.6 Å². The molecule has 4 rings (SSSR count). The Hall–Kier alpha value is -3.34. The summed E-state index contributed by atoms with van der Waals surface area (Å²) in [4.78, 5) is 16.0. The van der Waals surface area contributed by atoms with Crippen molar-refractivity contribution in [3.8, 4) is 17.0 Å². The summed E-state index contributed by atoms with van der Waals surface area (Å²) in [6, 6.07) is 8.16. The first-order valence-electron chi connectivity index (χ1n) is 9.36. The minimum atomic E-state index is -5.08. The second kappa shape index (κ2) is 9.21. The van der Waals surface area contributed by atoms with E-state index in [-0.39, 0.29) is 0 Å². The maximum atomic E-state index is 10.6. The molecule has 1 aliphatic rings. The van der Waals surface area contributed by atoms with Crippen LogP contribution in [0.3, 0.4) is 0 Å². The maximum Gasteiger partial charge on any atom is 0.490 e. The average molecular weight is 437 g/mol. The molecule has 1 aliphatic heterocycles. The van der Waals surface area contributed by atoms with Gasteiger partial charge in [0.25, 0.3) is 0 Å². The van der Waals surface area contributed by atoms with Crippen LogP contribution in [0.5, 0.6) is 5.75 Å². The molecule has 166 valence electrons. The van der Waals surface area contributed by atoms with Crippen molar-refractivity contribution < 1.29 is 27.8 Å². The number of benzene rings is 1. The maximum absolute atomic E-state index is 10.6. The van der Waals surface area contributed by atoms with Gasteiger partial charge in [-0.2, -0.15) is 18.3 Å². The normalized spacial score (nSPS) is 13.8. The van der Waals surface area contributed by atoms with Gasteiger partial charge in [0, 0.05) is 44.0 Å². The zero-order valence-corrected chi connectivity index (χ0v) is 17.0. The lowest BCUT2D eigenvalue weighted by molar-refractivity contribution is -0.192. The molecule has 31 heavy (non-hydrogen) atoms. The topological polar surface area (TPSA) is 85.4 Å². The fourth-order valence-corrected chi connectivity index (χ4v) is 3.25. The summed E-state index contributed by atoms with van der Waals surface area (Å²) in [6.45, 7) is 3.75. The van der Waals surface area contributed by atoms with Crippen LogP contribution in [-0.4, -0.2) is 55.1 Å². The number of nitrogens with zero attached hydrogens (tertiary/aromatic N) is 5. The highest BCUT2D eigenvalue weighted by atomic mass is 19.4. The van der Waals surface area contributed by atoms with E-state index in [9.17, 15) is 13.2 Å². The molecule has 0 radical (unpaired) electrons. The predicted molar refractivity (Wildman–Crippen MR) is 105 cm³/mol. The van der Waals surface area contributed by atoms with Crippen LogP contribution < -0.4 is 4.74 Å². The molecule has 0 bridgehead atoms. The first-order valence-corrected chi connectivity index (χ1v) is 9.36. The minimum absolute atomic E-state index is 0.866. The van der Waals surface area contributed by atoms with Crippen LogP contribution in [0.2, 0.25) is 0 Å². The van der Waals surface area contributed by atoms with E-state index < -0.39 is 12.1 Å². The molecule has 0 saturated carbocycles. The molecule has 1 aromatic carbocycles. The molecule has 0 spiro atoms. The number of hydrogen-bond donors (Lipinski definition) is 1. The van der Waals surface area contributed by atoms with Crippen LogP contribution in [-0.2, 0) is 31.5 Å². The molecule has 0 saturated heterocycles. The van der Waals surface area contributed by atoms with Crippen molar-refractivity contribution in [3.63, 3.8) is 0 Å². The first-order chi connectivity index (χ1) is 14.7. The lowest BCUT2D eigenvalue weighted by Gasteiger charge is -2.28. The van der Waals surface area contributed by atoms with Gasteiger partial charge in [0.2, 0.25) is 0 Å². The highest BCUT2D eigenvalue weighted by molar-refractivity contribution is 5.73. The Labute approximate surface area is 176 Å². The molecule has 11 heteroatoms. The number of carbonyl (C=O) groups is 1. The van der Waals surface area contributed by atoms with Gasteiger partial charge in [-0.3, -0.25) is 9.58 Å². The van der Waals surface area contributed by atoms with E-state index in [1.807, 2.05) is 36.3 Å². The lowest BCUT2D eigenvalue weighted by Crippen LogP contribution is -2.33. The Balaban J connectivity index is 0.000000339. The number of methoxy groups -OCH3 is 1. The number of aliphatic carboxylic acids is 1. The second-order valence-electron chi connectivity index (χ2n) is 6.98. The van der Waals surface area contributed by atoms with Crippen LogP contribution in [0.25, 0.3) is 11.3 Å². The minimum Gasteiger partial charge on any atom is -0.497 e. The number of alkyl halides is 3. The molecule has 3 heterocycles. The smallest absolute Gasteiger partial charge is 0.490 e. The second-order valence-corrected chi connectivity index (χ2v) is 6.98. The number of carboxylic acids is 1. The largest absolute Gasteiger partial charge is 0.497 e. The van der Waals surface area contributed by atoms with Gasteiger partial charge in [-0.05, 0) is 24.3 Å². The van der Waals surface area contributed by atoms with Crippen molar-refractivity contribution in [2.75, 3.05) is 13.7 Å². The van der Waals surface area contributed by atoms with Crippen LogP contribution in [0.4, 0.5) is 13.2 Å². The summed E-state index contributed by atoms with van der Waals surface area (Å²) in [5, 5.41) is 11.4. The fraction of sp³-hybridized carbons (Fsp3) is 0.350. The summed E-state index contributed by atoms with van der Waals surface area (Å²) >= 11 is 0. The molecular formula is C20H22F3N5O3. The zero-order chi connectivity index (χ0) is 22.6. The molecule has 2 aromatic heterocycles. The molecular weight excluding hydrogens is 415 g/mol. The van der Waals surface area contributed by atoms with Gasteiger partial charge in [-0.15, -0.1) is 0 Å². The Kier molecular flexibility index (Phi) is 6.64. The van der Waals surface area contributed by atoms with Crippen LogP contribution in [0.15, 0.2) is 42.9 Å². The summed E-state index contributed by atoms with van der Waals surface area (Å²) in [5.41, 5.74) is 3.59. The van der Waals surface area contributed by atoms with Gasteiger partial charge >= 0.3 is 12.1 Å². The molecule has 0 aliphatic carbocycles. The zero-order valence-electron chi connectivity index (χ0n) is 17.0. The number of ether oxygens (including phenoxy) is 1. The highest BCUT2D eigenvalue weighted by Crippen LogP contribution is 2.26. The van der Waals surface area contributed by atoms with E-state index in [1.54, 1.807) is 7.11 Å². The van der Waals surface area contributed by atoms with E-state index in [0.717, 1.165) is 37.8 Å². The average Bonchev–Trinajstić information content (AvgIpc) is 3.33. The molecule has 8 nitrogen and oxygen atoms in total. The number of aromatic nitrogens is 4.